The molecular weight excluding hydrogens is 253 g/mol. The fourth-order valence-electron chi connectivity index (χ4n) is 2.70. The summed E-state index contributed by atoms with van der Waals surface area (Å²) in [6, 6.07) is 4.77. The molecule has 20 heavy (non-hydrogen) atoms. The fraction of sp³-hybridized carbons (Fsp3) is 0.375. The van der Waals surface area contributed by atoms with E-state index in [4.69, 9.17) is 9.97 Å². The first-order valence-corrected chi connectivity index (χ1v) is 7.05. The van der Waals surface area contributed by atoms with E-state index in [1.54, 1.807) is 6.07 Å². The summed E-state index contributed by atoms with van der Waals surface area (Å²) in [5.74, 6) is 0.504. The molecule has 1 N–H and O–H groups in total. The zero-order valence-electron chi connectivity index (χ0n) is 11.8. The Morgan fingerprint density at radius 2 is 2.15 bits per heavy atom. The van der Waals surface area contributed by atoms with Crippen molar-refractivity contribution in [3.8, 4) is 11.4 Å². The SMILES string of the molecule is CCc1nc(-c2ccc(F)cc2C)nc2c1CNCC2. The highest BCUT2D eigenvalue weighted by Crippen LogP contribution is 2.24. The molecule has 0 amide bonds. The van der Waals surface area contributed by atoms with Gasteiger partial charge in [0, 0.05) is 36.3 Å². The largest absolute Gasteiger partial charge is 0.312 e. The van der Waals surface area contributed by atoms with Crippen LogP contribution in [0.1, 0.15) is 29.4 Å². The van der Waals surface area contributed by atoms with Crippen molar-refractivity contribution >= 4 is 0 Å². The van der Waals surface area contributed by atoms with Crippen LogP contribution in [0.5, 0.6) is 0 Å². The van der Waals surface area contributed by atoms with Gasteiger partial charge in [-0.05, 0) is 37.1 Å². The second kappa shape index (κ2) is 5.29. The molecule has 4 heteroatoms. The standard InChI is InChI=1S/C16H18FN3/c1-3-14-13-9-18-7-6-15(13)20-16(19-14)12-5-4-11(17)8-10(12)2/h4-5,8,18H,3,6-7,9H2,1-2H3. The molecule has 0 fully saturated rings. The molecule has 2 heterocycles. The maximum Gasteiger partial charge on any atom is 0.159 e. The third-order valence-corrected chi connectivity index (χ3v) is 3.78. The van der Waals surface area contributed by atoms with E-state index in [0.29, 0.717) is 0 Å². The van der Waals surface area contributed by atoms with Crippen LogP contribution in [0.2, 0.25) is 0 Å². The minimum absolute atomic E-state index is 0.218. The summed E-state index contributed by atoms with van der Waals surface area (Å²) >= 11 is 0. The Balaban J connectivity index is 2.14. The van der Waals surface area contributed by atoms with Crippen LogP contribution in [0.3, 0.4) is 0 Å². The van der Waals surface area contributed by atoms with Gasteiger partial charge in [0.2, 0.25) is 0 Å². The molecule has 1 aliphatic heterocycles. The molecule has 0 spiro atoms. The highest BCUT2D eigenvalue weighted by Gasteiger charge is 2.17. The molecule has 1 aromatic heterocycles. The monoisotopic (exact) mass is 271 g/mol. The van der Waals surface area contributed by atoms with Crippen molar-refractivity contribution in [2.45, 2.75) is 33.2 Å². The molecule has 0 radical (unpaired) electrons. The van der Waals surface area contributed by atoms with Gasteiger partial charge in [-0.2, -0.15) is 0 Å². The van der Waals surface area contributed by atoms with Gasteiger partial charge in [-0.15, -0.1) is 0 Å². The number of aromatic nitrogens is 2. The van der Waals surface area contributed by atoms with Gasteiger partial charge >= 0.3 is 0 Å². The molecule has 3 rings (SSSR count). The first-order valence-electron chi connectivity index (χ1n) is 7.05. The average Bonchev–Trinajstić information content (AvgIpc) is 2.46. The molecule has 0 saturated heterocycles. The van der Waals surface area contributed by atoms with Crippen molar-refractivity contribution in [1.29, 1.82) is 0 Å². The number of fused-ring (bicyclic) bond motifs is 1. The lowest BCUT2D eigenvalue weighted by Crippen LogP contribution is -2.26. The Hall–Kier alpha value is -1.81. The van der Waals surface area contributed by atoms with E-state index in [0.717, 1.165) is 54.3 Å². The van der Waals surface area contributed by atoms with Gasteiger partial charge in [-0.1, -0.05) is 6.92 Å². The highest BCUT2D eigenvalue weighted by molar-refractivity contribution is 5.60. The van der Waals surface area contributed by atoms with E-state index in [1.807, 2.05) is 6.92 Å². The van der Waals surface area contributed by atoms with E-state index in [9.17, 15) is 4.39 Å². The summed E-state index contributed by atoms with van der Waals surface area (Å²) in [4.78, 5) is 9.40. The molecule has 3 nitrogen and oxygen atoms in total. The maximum atomic E-state index is 13.2. The lowest BCUT2D eigenvalue weighted by atomic mass is 10.0. The van der Waals surface area contributed by atoms with Crippen molar-refractivity contribution in [2.75, 3.05) is 6.54 Å². The zero-order chi connectivity index (χ0) is 14.1. The summed E-state index contributed by atoms with van der Waals surface area (Å²) < 4.78 is 13.2. The van der Waals surface area contributed by atoms with Crippen LogP contribution in [-0.2, 0) is 19.4 Å². The smallest absolute Gasteiger partial charge is 0.159 e. The van der Waals surface area contributed by atoms with Crippen LogP contribution in [-0.4, -0.2) is 16.5 Å². The summed E-state index contributed by atoms with van der Waals surface area (Å²) in [6.07, 6.45) is 1.82. The molecule has 0 saturated carbocycles. The first-order chi connectivity index (χ1) is 9.69. The van der Waals surface area contributed by atoms with Crippen molar-refractivity contribution in [1.82, 2.24) is 15.3 Å². The second-order valence-corrected chi connectivity index (χ2v) is 5.16. The van der Waals surface area contributed by atoms with Gasteiger partial charge < -0.3 is 5.32 Å². The number of halogens is 1. The number of aryl methyl sites for hydroxylation is 2. The Morgan fingerprint density at radius 3 is 2.90 bits per heavy atom. The van der Waals surface area contributed by atoms with Gasteiger partial charge in [-0.3, -0.25) is 0 Å². The molecular formula is C16H18FN3. The lowest BCUT2D eigenvalue weighted by molar-refractivity contribution is 0.618. The number of rotatable bonds is 2. The van der Waals surface area contributed by atoms with Crippen molar-refractivity contribution in [2.24, 2.45) is 0 Å². The normalized spacial score (nSPS) is 14.2. The van der Waals surface area contributed by atoms with Crippen molar-refractivity contribution < 1.29 is 4.39 Å². The third kappa shape index (κ3) is 2.31. The molecule has 1 aliphatic rings. The number of benzene rings is 1. The van der Waals surface area contributed by atoms with E-state index in [-0.39, 0.29) is 5.82 Å². The Bertz CT molecular complexity index is 635. The van der Waals surface area contributed by atoms with E-state index < -0.39 is 0 Å². The molecule has 1 aromatic carbocycles. The summed E-state index contributed by atoms with van der Waals surface area (Å²) in [6.45, 7) is 5.81. The second-order valence-electron chi connectivity index (χ2n) is 5.16. The topological polar surface area (TPSA) is 37.8 Å². The third-order valence-electron chi connectivity index (χ3n) is 3.78. The summed E-state index contributed by atoms with van der Waals surface area (Å²) in [7, 11) is 0. The molecule has 0 bridgehead atoms. The minimum Gasteiger partial charge on any atom is -0.312 e. The molecule has 0 atom stereocenters. The van der Waals surface area contributed by atoms with E-state index in [1.165, 1.54) is 17.7 Å². The fourth-order valence-corrected chi connectivity index (χ4v) is 2.70. The van der Waals surface area contributed by atoms with Gasteiger partial charge in [0.1, 0.15) is 5.82 Å². The highest BCUT2D eigenvalue weighted by atomic mass is 19.1. The van der Waals surface area contributed by atoms with Crippen molar-refractivity contribution in [3.63, 3.8) is 0 Å². The predicted octanol–water partition coefficient (Wildman–Crippen LogP) is 2.80. The Labute approximate surface area is 118 Å². The predicted molar refractivity (Wildman–Crippen MR) is 77.0 cm³/mol. The van der Waals surface area contributed by atoms with Gasteiger partial charge in [0.15, 0.2) is 5.82 Å². The Morgan fingerprint density at radius 1 is 1.30 bits per heavy atom. The Kier molecular flexibility index (Phi) is 3.49. The van der Waals surface area contributed by atoms with Gasteiger partial charge in [0.25, 0.3) is 0 Å². The molecule has 104 valence electrons. The summed E-state index contributed by atoms with van der Waals surface area (Å²) in [5.41, 5.74) is 5.26. The van der Waals surface area contributed by atoms with Crippen LogP contribution in [0, 0.1) is 12.7 Å². The van der Waals surface area contributed by atoms with Crippen LogP contribution in [0.15, 0.2) is 18.2 Å². The number of hydrogen-bond donors (Lipinski definition) is 1. The molecule has 0 aliphatic carbocycles. The minimum atomic E-state index is -0.218. The first kappa shape index (κ1) is 13.2. The summed E-state index contributed by atoms with van der Waals surface area (Å²) in [5, 5.41) is 3.36. The molecule has 0 unspecified atom stereocenters. The number of nitrogens with one attached hydrogen (secondary N) is 1. The van der Waals surface area contributed by atoms with Gasteiger partial charge in [-0.25, -0.2) is 14.4 Å². The van der Waals surface area contributed by atoms with Crippen molar-refractivity contribution in [3.05, 3.63) is 46.5 Å². The maximum absolute atomic E-state index is 13.2. The van der Waals surface area contributed by atoms with E-state index in [2.05, 4.69) is 12.2 Å². The van der Waals surface area contributed by atoms with E-state index >= 15 is 0 Å². The van der Waals surface area contributed by atoms with Crippen LogP contribution in [0.25, 0.3) is 11.4 Å². The lowest BCUT2D eigenvalue weighted by Gasteiger charge is -2.20. The van der Waals surface area contributed by atoms with Crippen LogP contribution < -0.4 is 5.32 Å². The zero-order valence-corrected chi connectivity index (χ0v) is 11.8. The number of nitrogens with zero attached hydrogens (tertiary/aromatic N) is 2. The average molecular weight is 271 g/mol. The van der Waals surface area contributed by atoms with Gasteiger partial charge in [0.05, 0.1) is 5.69 Å². The van der Waals surface area contributed by atoms with Crippen LogP contribution >= 0.6 is 0 Å². The quantitative estimate of drug-likeness (QED) is 0.912. The number of hydrogen-bond acceptors (Lipinski definition) is 3. The van der Waals surface area contributed by atoms with Crippen LogP contribution in [0.4, 0.5) is 4.39 Å². The molecule has 2 aromatic rings.